The Morgan fingerprint density at radius 3 is 2.52 bits per heavy atom. The molecule has 2 amide bonds. The molecule has 0 spiro atoms. The van der Waals surface area contributed by atoms with Gasteiger partial charge in [0.2, 0.25) is 0 Å². The number of hydrogen-bond donors (Lipinski definition) is 2. The van der Waals surface area contributed by atoms with Gasteiger partial charge in [-0.25, -0.2) is 4.79 Å². The minimum absolute atomic E-state index is 0.0161. The standard InChI is InChI=1S/C15H28N2O4/c1-3-12(4-5-14(18)19)6-9-16-15(20)17-10-7-13(21-2)8-11-17/h12-13H,3-11H2,1-2H3,(H,16,20)(H,18,19). The van der Waals surface area contributed by atoms with E-state index in [-0.39, 0.29) is 18.6 Å². The Balaban J connectivity index is 2.19. The fourth-order valence-corrected chi connectivity index (χ4v) is 2.67. The number of amides is 2. The molecule has 2 N–H and O–H groups in total. The summed E-state index contributed by atoms with van der Waals surface area (Å²) >= 11 is 0. The third-order valence-corrected chi connectivity index (χ3v) is 4.24. The van der Waals surface area contributed by atoms with Crippen molar-refractivity contribution in [3.05, 3.63) is 0 Å². The first-order valence-corrected chi connectivity index (χ1v) is 7.84. The number of urea groups is 1. The van der Waals surface area contributed by atoms with E-state index >= 15 is 0 Å². The van der Waals surface area contributed by atoms with E-state index in [1.54, 1.807) is 7.11 Å². The van der Waals surface area contributed by atoms with Gasteiger partial charge in [-0.05, 0) is 31.6 Å². The number of hydrogen-bond acceptors (Lipinski definition) is 3. The van der Waals surface area contributed by atoms with E-state index in [1.165, 1.54) is 0 Å². The van der Waals surface area contributed by atoms with Crippen molar-refractivity contribution in [3.63, 3.8) is 0 Å². The highest BCUT2D eigenvalue weighted by molar-refractivity contribution is 5.74. The van der Waals surface area contributed by atoms with Crippen LogP contribution in [0.5, 0.6) is 0 Å². The molecule has 122 valence electrons. The Bertz CT molecular complexity index is 328. The van der Waals surface area contributed by atoms with Gasteiger partial charge < -0.3 is 20.1 Å². The highest BCUT2D eigenvalue weighted by Gasteiger charge is 2.22. The molecular weight excluding hydrogens is 272 g/mol. The summed E-state index contributed by atoms with van der Waals surface area (Å²) in [5.41, 5.74) is 0. The van der Waals surface area contributed by atoms with Crippen molar-refractivity contribution >= 4 is 12.0 Å². The second-order valence-electron chi connectivity index (χ2n) is 5.65. The van der Waals surface area contributed by atoms with Crippen molar-refractivity contribution < 1.29 is 19.4 Å². The molecule has 0 radical (unpaired) electrons. The van der Waals surface area contributed by atoms with Crippen LogP contribution in [0.3, 0.4) is 0 Å². The average Bonchev–Trinajstić information content (AvgIpc) is 2.50. The van der Waals surface area contributed by atoms with Crippen LogP contribution in [0.2, 0.25) is 0 Å². The van der Waals surface area contributed by atoms with Gasteiger partial charge in [0.25, 0.3) is 0 Å². The molecule has 1 aliphatic rings. The molecule has 21 heavy (non-hydrogen) atoms. The summed E-state index contributed by atoms with van der Waals surface area (Å²) in [7, 11) is 1.71. The summed E-state index contributed by atoms with van der Waals surface area (Å²) in [6.45, 7) is 4.14. The van der Waals surface area contributed by atoms with Crippen LogP contribution >= 0.6 is 0 Å². The number of ether oxygens (including phenoxy) is 1. The molecule has 1 unspecified atom stereocenters. The second kappa shape index (κ2) is 9.60. The molecule has 1 saturated heterocycles. The first kappa shape index (κ1) is 17.8. The highest BCUT2D eigenvalue weighted by atomic mass is 16.5. The number of nitrogens with one attached hydrogen (secondary N) is 1. The number of rotatable bonds is 8. The van der Waals surface area contributed by atoms with Crippen LogP contribution in [-0.2, 0) is 9.53 Å². The molecule has 6 heteroatoms. The Hall–Kier alpha value is -1.30. The minimum atomic E-state index is -0.751. The summed E-state index contributed by atoms with van der Waals surface area (Å²) < 4.78 is 5.29. The van der Waals surface area contributed by atoms with Crippen LogP contribution in [0.25, 0.3) is 0 Å². The lowest BCUT2D eigenvalue weighted by atomic mass is 9.97. The molecule has 1 heterocycles. The topological polar surface area (TPSA) is 78.9 Å². The third-order valence-electron chi connectivity index (χ3n) is 4.24. The van der Waals surface area contributed by atoms with E-state index in [9.17, 15) is 9.59 Å². The maximum Gasteiger partial charge on any atom is 0.317 e. The second-order valence-corrected chi connectivity index (χ2v) is 5.65. The van der Waals surface area contributed by atoms with Gasteiger partial charge in [0.1, 0.15) is 0 Å². The number of methoxy groups -OCH3 is 1. The van der Waals surface area contributed by atoms with Gasteiger partial charge in [0.15, 0.2) is 0 Å². The third kappa shape index (κ3) is 6.80. The van der Waals surface area contributed by atoms with E-state index in [2.05, 4.69) is 12.2 Å². The van der Waals surface area contributed by atoms with Crippen LogP contribution in [0.15, 0.2) is 0 Å². The molecular formula is C15H28N2O4. The van der Waals surface area contributed by atoms with Crippen molar-refractivity contribution in [2.75, 3.05) is 26.7 Å². The molecule has 0 bridgehead atoms. The van der Waals surface area contributed by atoms with Gasteiger partial charge >= 0.3 is 12.0 Å². The predicted octanol–water partition coefficient (Wildman–Crippen LogP) is 2.09. The summed E-state index contributed by atoms with van der Waals surface area (Å²) in [5, 5.41) is 11.6. The Kier molecular flexibility index (Phi) is 8.12. The number of carboxylic acids is 1. The smallest absolute Gasteiger partial charge is 0.317 e. The van der Waals surface area contributed by atoms with Crippen LogP contribution in [-0.4, -0.2) is 54.9 Å². The number of piperidine rings is 1. The molecule has 1 rings (SSSR count). The zero-order valence-electron chi connectivity index (χ0n) is 13.1. The Morgan fingerprint density at radius 1 is 1.33 bits per heavy atom. The zero-order valence-corrected chi connectivity index (χ0v) is 13.1. The lowest BCUT2D eigenvalue weighted by Crippen LogP contribution is -2.46. The van der Waals surface area contributed by atoms with Crippen LogP contribution in [0, 0.1) is 5.92 Å². The summed E-state index contributed by atoms with van der Waals surface area (Å²) in [6.07, 6.45) is 4.72. The monoisotopic (exact) mass is 300 g/mol. The lowest BCUT2D eigenvalue weighted by Gasteiger charge is -2.31. The number of carboxylic acid groups (broad SMARTS) is 1. The van der Waals surface area contributed by atoms with Gasteiger partial charge in [-0.15, -0.1) is 0 Å². The van der Waals surface area contributed by atoms with E-state index in [1.807, 2.05) is 4.90 Å². The quantitative estimate of drug-likeness (QED) is 0.719. The summed E-state index contributed by atoms with van der Waals surface area (Å²) in [5.74, 6) is -0.390. The van der Waals surface area contributed by atoms with Gasteiger partial charge in [-0.2, -0.15) is 0 Å². The van der Waals surface area contributed by atoms with Crippen molar-refractivity contribution in [2.24, 2.45) is 5.92 Å². The molecule has 0 aromatic carbocycles. The first-order valence-electron chi connectivity index (χ1n) is 7.84. The van der Waals surface area contributed by atoms with Crippen LogP contribution in [0.1, 0.15) is 45.4 Å². The predicted molar refractivity (Wildman–Crippen MR) is 80.3 cm³/mol. The van der Waals surface area contributed by atoms with E-state index < -0.39 is 5.97 Å². The van der Waals surface area contributed by atoms with Gasteiger partial charge in [-0.1, -0.05) is 13.3 Å². The molecule has 1 fully saturated rings. The molecule has 0 aliphatic carbocycles. The number of aliphatic carboxylic acids is 1. The number of carbonyl (C=O) groups excluding carboxylic acids is 1. The van der Waals surface area contributed by atoms with E-state index in [0.29, 0.717) is 18.9 Å². The summed E-state index contributed by atoms with van der Waals surface area (Å²) in [4.78, 5) is 24.4. The van der Waals surface area contributed by atoms with Gasteiger partial charge in [0.05, 0.1) is 6.10 Å². The molecule has 6 nitrogen and oxygen atoms in total. The zero-order chi connectivity index (χ0) is 15.7. The van der Waals surface area contributed by atoms with Gasteiger partial charge in [0, 0.05) is 33.2 Å². The molecule has 1 aliphatic heterocycles. The molecule has 1 atom stereocenters. The number of nitrogens with zero attached hydrogens (tertiary/aromatic N) is 1. The SMILES string of the molecule is CCC(CCNC(=O)N1CCC(OC)CC1)CCC(=O)O. The lowest BCUT2D eigenvalue weighted by molar-refractivity contribution is -0.137. The molecule has 0 aromatic rings. The van der Waals surface area contributed by atoms with Crippen molar-refractivity contribution in [1.82, 2.24) is 10.2 Å². The fourth-order valence-electron chi connectivity index (χ4n) is 2.67. The number of likely N-dealkylation sites (tertiary alicyclic amines) is 1. The maximum atomic E-state index is 12.0. The summed E-state index contributed by atoms with van der Waals surface area (Å²) in [6, 6.07) is -0.0161. The fraction of sp³-hybridized carbons (Fsp3) is 0.867. The average molecular weight is 300 g/mol. The van der Waals surface area contributed by atoms with E-state index in [4.69, 9.17) is 9.84 Å². The largest absolute Gasteiger partial charge is 0.481 e. The van der Waals surface area contributed by atoms with Crippen LogP contribution < -0.4 is 5.32 Å². The van der Waals surface area contributed by atoms with Crippen molar-refractivity contribution in [2.45, 2.75) is 51.6 Å². The Labute approximate surface area is 126 Å². The van der Waals surface area contributed by atoms with Crippen molar-refractivity contribution in [3.8, 4) is 0 Å². The van der Waals surface area contributed by atoms with Gasteiger partial charge in [-0.3, -0.25) is 4.79 Å². The number of carbonyl (C=O) groups is 2. The minimum Gasteiger partial charge on any atom is -0.481 e. The maximum absolute atomic E-state index is 12.0. The van der Waals surface area contributed by atoms with Crippen molar-refractivity contribution in [1.29, 1.82) is 0 Å². The Morgan fingerprint density at radius 2 is 2.00 bits per heavy atom. The molecule has 0 saturated carbocycles. The van der Waals surface area contributed by atoms with E-state index in [0.717, 1.165) is 38.8 Å². The first-order chi connectivity index (χ1) is 10.1. The highest BCUT2D eigenvalue weighted by Crippen LogP contribution is 2.15. The van der Waals surface area contributed by atoms with Crippen LogP contribution in [0.4, 0.5) is 4.79 Å². The molecule has 0 aromatic heterocycles. The normalized spacial score (nSPS) is 17.5.